The molecule has 2 aromatic rings. The summed E-state index contributed by atoms with van der Waals surface area (Å²) in [4.78, 5) is 27.9. The van der Waals surface area contributed by atoms with Crippen molar-refractivity contribution in [3.63, 3.8) is 0 Å². The molecule has 0 saturated carbocycles. The molecule has 0 bridgehead atoms. The Kier molecular flexibility index (Phi) is 5.24. The van der Waals surface area contributed by atoms with Crippen molar-refractivity contribution in [3.05, 3.63) is 58.8 Å². The summed E-state index contributed by atoms with van der Waals surface area (Å²) < 4.78 is 10.0. The van der Waals surface area contributed by atoms with Gasteiger partial charge in [-0.3, -0.25) is 10.1 Å². The van der Waals surface area contributed by atoms with E-state index in [-0.39, 0.29) is 24.6 Å². The van der Waals surface area contributed by atoms with Gasteiger partial charge >= 0.3 is 11.9 Å². The zero-order chi connectivity index (χ0) is 20.4. The number of nitrogens with one attached hydrogen (secondary N) is 2. The second kappa shape index (κ2) is 7.98. The van der Waals surface area contributed by atoms with Gasteiger partial charge in [0.25, 0.3) is 0 Å². The molecule has 148 valence electrons. The van der Waals surface area contributed by atoms with Crippen LogP contribution in [0.25, 0.3) is 10.9 Å². The molecule has 6 nitrogen and oxygen atoms in total. The first kappa shape index (κ1) is 19.0. The van der Waals surface area contributed by atoms with E-state index in [2.05, 4.69) is 22.3 Å². The molecule has 2 heterocycles. The number of terminal acetylenes is 1. The highest BCUT2D eigenvalue weighted by atomic mass is 16.5. The molecular weight excluding hydrogens is 368 g/mol. The third-order valence-electron chi connectivity index (χ3n) is 5.50. The van der Waals surface area contributed by atoms with Crippen molar-refractivity contribution in [1.82, 2.24) is 10.3 Å². The molecule has 29 heavy (non-hydrogen) atoms. The number of hydrogen-bond acceptors (Lipinski definition) is 5. The average Bonchev–Trinajstić information content (AvgIpc) is 3.15. The van der Waals surface area contributed by atoms with Crippen LogP contribution in [-0.2, 0) is 25.5 Å². The zero-order valence-electron chi connectivity index (χ0n) is 16.2. The molecule has 1 aliphatic carbocycles. The van der Waals surface area contributed by atoms with Crippen LogP contribution in [0.5, 0.6) is 0 Å². The highest BCUT2D eigenvalue weighted by Gasteiger charge is 2.35. The first-order chi connectivity index (χ1) is 14.1. The number of para-hydroxylation sites is 1. The molecule has 1 aliphatic heterocycles. The predicted octanol–water partition coefficient (Wildman–Crippen LogP) is 2.72. The number of fused-ring (bicyclic) bond motifs is 3. The maximum atomic E-state index is 12.3. The van der Waals surface area contributed by atoms with E-state index in [1.54, 1.807) is 6.08 Å². The molecule has 0 radical (unpaired) electrons. The summed E-state index contributed by atoms with van der Waals surface area (Å²) in [5.74, 6) is 1.64. The number of rotatable bonds is 4. The number of carbonyl (C=O) groups excluding carboxylic acids is 2. The molecule has 0 amide bonds. The maximum Gasteiger partial charge on any atom is 0.334 e. The van der Waals surface area contributed by atoms with Crippen molar-refractivity contribution in [2.24, 2.45) is 0 Å². The highest BCUT2D eigenvalue weighted by Crippen LogP contribution is 2.38. The monoisotopic (exact) mass is 390 g/mol. The van der Waals surface area contributed by atoms with Crippen LogP contribution in [0.2, 0.25) is 0 Å². The number of benzene rings is 1. The quantitative estimate of drug-likeness (QED) is 0.620. The Morgan fingerprint density at radius 3 is 2.79 bits per heavy atom. The zero-order valence-corrected chi connectivity index (χ0v) is 16.2. The number of H-pyrrole nitrogens is 1. The lowest BCUT2D eigenvalue weighted by Crippen LogP contribution is -2.45. The second-order valence-electron chi connectivity index (χ2n) is 7.16. The predicted molar refractivity (Wildman–Crippen MR) is 109 cm³/mol. The Morgan fingerprint density at radius 2 is 2.07 bits per heavy atom. The fourth-order valence-electron chi connectivity index (χ4n) is 4.08. The van der Waals surface area contributed by atoms with Gasteiger partial charge in [0, 0.05) is 28.6 Å². The fourth-order valence-corrected chi connectivity index (χ4v) is 4.08. The third-order valence-corrected chi connectivity index (χ3v) is 5.50. The van der Waals surface area contributed by atoms with E-state index in [1.807, 2.05) is 24.3 Å². The molecule has 2 N–H and O–H groups in total. The second-order valence-corrected chi connectivity index (χ2v) is 7.16. The van der Waals surface area contributed by atoms with Gasteiger partial charge in [-0.1, -0.05) is 36.3 Å². The van der Waals surface area contributed by atoms with Gasteiger partial charge in [-0.2, -0.15) is 0 Å². The van der Waals surface area contributed by atoms with Crippen molar-refractivity contribution < 1.29 is 19.1 Å². The van der Waals surface area contributed by atoms with Crippen molar-refractivity contribution in [3.8, 4) is 12.3 Å². The van der Waals surface area contributed by atoms with Crippen LogP contribution in [0.3, 0.4) is 0 Å². The Morgan fingerprint density at radius 1 is 1.24 bits per heavy atom. The van der Waals surface area contributed by atoms with Crippen LogP contribution in [0, 0.1) is 12.3 Å². The van der Waals surface area contributed by atoms with Gasteiger partial charge in [0.1, 0.15) is 6.04 Å². The highest BCUT2D eigenvalue weighted by molar-refractivity contribution is 5.90. The van der Waals surface area contributed by atoms with Crippen molar-refractivity contribution in [1.29, 1.82) is 0 Å². The summed E-state index contributed by atoms with van der Waals surface area (Å²) in [6, 6.07) is 7.50. The number of methoxy groups -OCH3 is 1. The molecule has 0 saturated heterocycles. The topological polar surface area (TPSA) is 80.4 Å². The average molecular weight is 390 g/mol. The number of carbonyl (C=O) groups is 2. The smallest absolute Gasteiger partial charge is 0.334 e. The van der Waals surface area contributed by atoms with Gasteiger partial charge in [0.2, 0.25) is 0 Å². The Labute approximate surface area is 169 Å². The van der Waals surface area contributed by atoms with Crippen molar-refractivity contribution in [2.45, 2.75) is 31.3 Å². The van der Waals surface area contributed by atoms with Gasteiger partial charge in [-0.15, -0.1) is 6.42 Å². The van der Waals surface area contributed by atoms with Crippen LogP contribution >= 0.6 is 0 Å². The van der Waals surface area contributed by atoms with E-state index in [4.69, 9.17) is 15.9 Å². The van der Waals surface area contributed by atoms with Gasteiger partial charge in [0.15, 0.2) is 6.61 Å². The molecule has 6 heteroatoms. The minimum absolute atomic E-state index is 0.0316. The first-order valence-electron chi connectivity index (χ1n) is 9.56. The summed E-state index contributed by atoms with van der Waals surface area (Å²) in [7, 11) is 1.40. The third kappa shape index (κ3) is 3.57. The number of ether oxygens (including phenoxy) is 2. The largest absolute Gasteiger partial charge is 0.468 e. The Bertz CT molecular complexity index is 1070. The lowest BCUT2D eigenvalue weighted by molar-refractivity contribution is -0.143. The van der Waals surface area contributed by atoms with Crippen molar-refractivity contribution in [2.75, 3.05) is 13.7 Å². The molecule has 1 unspecified atom stereocenters. The Hall–Kier alpha value is -3.30. The Balaban J connectivity index is 1.69. The van der Waals surface area contributed by atoms with Gasteiger partial charge in [0.05, 0.1) is 13.2 Å². The van der Waals surface area contributed by atoms with Crippen molar-refractivity contribution >= 4 is 22.8 Å². The standard InChI is InChI=1S/C23H22N2O4/c1-3-12-29-22(26)15-10-8-14(9-11-15)20-21-17(13-19(25-20)23(27)28-2)16-6-4-5-7-18(16)24-21/h1,4-8,10,19-20,24-25H,9,11-13H2,2H3/t19-,20?/m0/s1. The molecular formula is C23H22N2O4. The molecule has 0 fully saturated rings. The van der Waals surface area contributed by atoms with Gasteiger partial charge in [-0.25, -0.2) is 4.79 Å². The molecule has 4 rings (SSSR count). The summed E-state index contributed by atoms with van der Waals surface area (Å²) in [5.41, 5.74) is 4.93. The normalized spacial score (nSPS) is 20.8. The first-order valence-corrected chi connectivity index (χ1v) is 9.56. The van der Waals surface area contributed by atoms with Gasteiger partial charge in [-0.05, 0) is 30.0 Å². The summed E-state index contributed by atoms with van der Waals surface area (Å²) in [6.07, 6.45) is 10.7. The van der Waals surface area contributed by atoms with Crippen LogP contribution in [-0.4, -0.2) is 36.7 Å². The van der Waals surface area contributed by atoms with Crippen LogP contribution in [0.4, 0.5) is 0 Å². The minimum atomic E-state index is -0.427. The number of hydrogen-bond donors (Lipinski definition) is 2. The van der Waals surface area contributed by atoms with Crippen LogP contribution in [0.15, 0.2) is 47.6 Å². The number of allylic oxidation sites excluding steroid dienone is 2. The summed E-state index contributed by atoms with van der Waals surface area (Å²) >= 11 is 0. The molecule has 2 atom stereocenters. The van der Waals surface area contributed by atoms with E-state index < -0.39 is 6.04 Å². The molecule has 0 spiro atoms. The van der Waals surface area contributed by atoms with E-state index in [0.29, 0.717) is 24.8 Å². The SMILES string of the molecule is C#CCOC(=O)C1=CC=C(C2N[C@H](C(=O)OC)Cc3c2[nH]c2ccccc32)CC1. The molecule has 2 aliphatic rings. The number of esters is 2. The number of aromatic amines is 1. The molecule has 1 aromatic carbocycles. The van der Waals surface area contributed by atoms with Crippen LogP contribution < -0.4 is 5.32 Å². The van der Waals surface area contributed by atoms with E-state index in [1.165, 1.54) is 7.11 Å². The van der Waals surface area contributed by atoms with E-state index in [9.17, 15) is 9.59 Å². The van der Waals surface area contributed by atoms with Crippen LogP contribution in [0.1, 0.15) is 30.1 Å². The number of aromatic nitrogens is 1. The minimum Gasteiger partial charge on any atom is -0.468 e. The summed E-state index contributed by atoms with van der Waals surface area (Å²) in [5, 5.41) is 4.54. The lowest BCUT2D eigenvalue weighted by atomic mass is 9.86. The fraction of sp³-hybridized carbons (Fsp3) is 0.304. The van der Waals surface area contributed by atoms with E-state index in [0.717, 1.165) is 27.7 Å². The van der Waals surface area contributed by atoms with E-state index >= 15 is 0 Å². The molecule has 1 aromatic heterocycles. The maximum absolute atomic E-state index is 12.3. The summed E-state index contributed by atoms with van der Waals surface area (Å²) in [6.45, 7) is -0.0316. The van der Waals surface area contributed by atoms with Gasteiger partial charge < -0.3 is 14.5 Å². The lowest BCUT2D eigenvalue weighted by Gasteiger charge is -2.32.